The number of aliphatic carboxylic acids is 1. The van der Waals surface area contributed by atoms with Crippen LogP contribution < -0.4 is 0 Å². The minimum Gasteiger partial charge on any atom is -0.479 e. The zero-order chi connectivity index (χ0) is 19.0. The molecule has 1 aromatic carbocycles. The Kier molecular flexibility index (Phi) is 5.13. The molecule has 1 aliphatic rings. The van der Waals surface area contributed by atoms with Crippen LogP contribution in [-0.2, 0) is 25.8 Å². The number of fused-ring (bicyclic) bond motifs is 1. The van der Waals surface area contributed by atoms with Gasteiger partial charge in [0, 0.05) is 6.54 Å². The van der Waals surface area contributed by atoms with E-state index in [0.717, 1.165) is 0 Å². The maximum absolute atomic E-state index is 12.4. The molecule has 2 rings (SSSR count). The first-order chi connectivity index (χ1) is 11.5. The van der Waals surface area contributed by atoms with Gasteiger partial charge in [0.15, 0.2) is 15.9 Å². The van der Waals surface area contributed by atoms with Crippen molar-refractivity contribution in [1.82, 2.24) is 4.90 Å². The minimum atomic E-state index is -3.38. The van der Waals surface area contributed by atoms with Crippen LogP contribution in [0.2, 0.25) is 0 Å². The number of carboxylic acids is 1. The summed E-state index contributed by atoms with van der Waals surface area (Å²) in [6.45, 7) is 6.83. The lowest BCUT2D eigenvalue weighted by Gasteiger charge is -2.36. The molecule has 138 valence electrons. The molecule has 1 amide bonds. The second kappa shape index (κ2) is 6.67. The molecule has 1 atom stereocenters. The van der Waals surface area contributed by atoms with Gasteiger partial charge in [0.2, 0.25) is 0 Å². The summed E-state index contributed by atoms with van der Waals surface area (Å²) in [6, 6.07) is 3.19. The minimum absolute atomic E-state index is 0.0296. The fraction of sp³-hybridized carbons (Fsp3) is 0.529. The van der Waals surface area contributed by atoms with Gasteiger partial charge >= 0.3 is 12.1 Å². The third-order valence-corrected chi connectivity index (χ3v) is 5.68. The Balaban J connectivity index is 2.42. The topological polar surface area (TPSA) is 101 Å². The van der Waals surface area contributed by atoms with Crippen molar-refractivity contribution >= 4 is 21.9 Å². The Morgan fingerprint density at radius 3 is 2.48 bits per heavy atom. The summed E-state index contributed by atoms with van der Waals surface area (Å²) >= 11 is 0. The Morgan fingerprint density at radius 1 is 1.32 bits per heavy atom. The van der Waals surface area contributed by atoms with Crippen LogP contribution in [0.5, 0.6) is 0 Å². The molecule has 0 saturated carbocycles. The Bertz CT molecular complexity index is 794. The number of ether oxygens (including phenoxy) is 1. The quantitative estimate of drug-likeness (QED) is 0.878. The predicted molar refractivity (Wildman–Crippen MR) is 91.2 cm³/mol. The average Bonchev–Trinajstić information content (AvgIpc) is 2.51. The van der Waals surface area contributed by atoms with Gasteiger partial charge in [-0.05, 0) is 50.5 Å². The largest absolute Gasteiger partial charge is 0.479 e. The van der Waals surface area contributed by atoms with Gasteiger partial charge in [0.05, 0.1) is 10.6 Å². The Morgan fingerprint density at radius 2 is 1.96 bits per heavy atom. The lowest BCUT2D eigenvalue weighted by Crippen LogP contribution is -2.45. The number of hydrogen-bond acceptors (Lipinski definition) is 5. The van der Waals surface area contributed by atoms with Gasteiger partial charge < -0.3 is 9.84 Å². The van der Waals surface area contributed by atoms with Crippen molar-refractivity contribution in [2.75, 3.05) is 12.3 Å². The molecule has 1 aromatic rings. The summed E-state index contributed by atoms with van der Waals surface area (Å²) in [6.07, 6.45) is -0.332. The zero-order valence-electron chi connectivity index (χ0n) is 14.8. The number of sulfone groups is 1. The molecule has 0 fully saturated rings. The van der Waals surface area contributed by atoms with Crippen molar-refractivity contribution in [2.24, 2.45) is 0 Å². The molecule has 7 nitrogen and oxygen atoms in total. The molecule has 0 aliphatic carbocycles. The normalized spacial score (nSPS) is 17.8. The van der Waals surface area contributed by atoms with Gasteiger partial charge in [0.25, 0.3) is 0 Å². The first-order valence-corrected chi connectivity index (χ1v) is 9.69. The molecular weight excluding hydrogens is 346 g/mol. The highest BCUT2D eigenvalue weighted by Crippen LogP contribution is 2.33. The van der Waals surface area contributed by atoms with Crippen molar-refractivity contribution in [3.05, 3.63) is 29.3 Å². The number of carbonyl (C=O) groups excluding carboxylic acids is 1. The second-order valence-electron chi connectivity index (χ2n) is 6.93. The average molecular weight is 369 g/mol. The number of rotatable bonds is 3. The van der Waals surface area contributed by atoms with E-state index < -0.39 is 33.5 Å². The van der Waals surface area contributed by atoms with Crippen LogP contribution in [0.3, 0.4) is 0 Å². The summed E-state index contributed by atoms with van der Waals surface area (Å²) in [5.41, 5.74) is 0.306. The second-order valence-corrected chi connectivity index (χ2v) is 9.21. The molecule has 1 unspecified atom stereocenters. The zero-order valence-corrected chi connectivity index (χ0v) is 15.6. The molecule has 0 bridgehead atoms. The predicted octanol–water partition coefficient (Wildman–Crippen LogP) is 2.40. The molecule has 1 N–H and O–H groups in total. The van der Waals surface area contributed by atoms with Gasteiger partial charge in [-0.15, -0.1) is 0 Å². The smallest absolute Gasteiger partial charge is 0.411 e. The first-order valence-electron chi connectivity index (χ1n) is 8.04. The maximum Gasteiger partial charge on any atom is 0.411 e. The number of hydrogen-bond donors (Lipinski definition) is 1. The SMILES string of the molecule is CCS(=O)(=O)c1ccc2c(c1)CCN(C(=O)OC(C)(C)C)C2C(=O)O. The summed E-state index contributed by atoms with van der Waals surface area (Å²) in [7, 11) is -3.38. The number of carbonyl (C=O) groups is 2. The van der Waals surface area contributed by atoms with Crippen LogP contribution in [-0.4, -0.2) is 48.4 Å². The van der Waals surface area contributed by atoms with Crippen LogP contribution in [0.25, 0.3) is 0 Å². The van der Waals surface area contributed by atoms with Crippen molar-refractivity contribution in [1.29, 1.82) is 0 Å². The van der Waals surface area contributed by atoms with E-state index >= 15 is 0 Å². The fourth-order valence-corrected chi connectivity index (χ4v) is 3.68. The van der Waals surface area contributed by atoms with E-state index in [1.165, 1.54) is 23.1 Å². The molecule has 25 heavy (non-hydrogen) atoms. The number of amides is 1. The van der Waals surface area contributed by atoms with Gasteiger partial charge in [-0.25, -0.2) is 18.0 Å². The molecule has 8 heteroatoms. The maximum atomic E-state index is 12.4. The Labute approximate surface area is 147 Å². The summed E-state index contributed by atoms with van der Waals surface area (Å²) < 4.78 is 29.4. The third-order valence-electron chi connectivity index (χ3n) is 3.94. The molecule has 0 aromatic heterocycles. The summed E-state index contributed by atoms with van der Waals surface area (Å²) in [4.78, 5) is 25.5. The van der Waals surface area contributed by atoms with Gasteiger partial charge in [-0.1, -0.05) is 13.0 Å². The van der Waals surface area contributed by atoms with E-state index in [-0.39, 0.29) is 17.2 Å². The number of nitrogens with zero attached hydrogens (tertiary/aromatic N) is 1. The molecule has 0 saturated heterocycles. The number of benzene rings is 1. The standard InChI is InChI=1S/C17H23NO6S/c1-5-25(22,23)12-6-7-13-11(10-12)8-9-18(14(13)15(19)20)16(21)24-17(2,3)4/h6-7,10,14H,5,8-9H2,1-4H3,(H,19,20). The lowest BCUT2D eigenvalue weighted by atomic mass is 9.93. The third kappa shape index (κ3) is 4.12. The van der Waals surface area contributed by atoms with Crippen LogP contribution in [0.1, 0.15) is 44.9 Å². The van der Waals surface area contributed by atoms with Crippen LogP contribution in [0.15, 0.2) is 23.1 Å². The molecule has 1 heterocycles. The molecule has 1 aliphatic heterocycles. The summed E-state index contributed by atoms with van der Waals surface area (Å²) in [5.74, 6) is -1.21. The highest BCUT2D eigenvalue weighted by molar-refractivity contribution is 7.91. The number of carboxylic acid groups (broad SMARTS) is 1. The Hall–Kier alpha value is -2.09. The molecule has 0 spiro atoms. The van der Waals surface area contributed by atoms with E-state index in [9.17, 15) is 23.1 Å². The highest BCUT2D eigenvalue weighted by atomic mass is 32.2. The van der Waals surface area contributed by atoms with E-state index in [1.807, 2.05) is 0 Å². The van der Waals surface area contributed by atoms with Crippen molar-refractivity contribution in [2.45, 2.75) is 50.7 Å². The highest BCUT2D eigenvalue weighted by Gasteiger charge is 2.38. The monoisotopic (exact) mass is 369 g/mol. The van der Waals surface area contributed by atoms with E-state index in [2.05, 4.69) is 0 Å². The van der Waals surface area contributed by atoms with Crippen molar-refractivity contribution < 1.29 is 27.9 Å². The van der Waals surface area contributed by atoms with Crippen molar-refractivity contribution in [3.8, 4) is 0 Å². The lowest BCUT2D eigenvalue weighted by molar-refractivity contribution is -0.143. The van der Waals surface area contributed by atoms with E-state index in [0.29, 0.717) is 17.5 Å². The molecule has 0 radical (unpaired) electrons. The van der Waals surface area contributed by atoms with E-state index in [1.54, 1.807) is 27.7 Å². The first kappa shape index (κ1) is 19.2. The van der Waals surface area contributed by atoms with Gasteiger partial charge in [-0.2, -0.15) is 0 Å². The van der Waals surface area contributed by atoms with E-state index in [4.69, 9.17) is 4.74 Å². The fourth-order valence-electron chi connectivity index (χ4n) is 2.75. The van der Waals surface area contributed by atoms with Crippen LogP contribution >= 0.6 is 0 Å². The summed E-state index contributed by atoms with van der Waals surface area (Å²) in [5, 5.41) is 9.61. The van der Waals surface area contributed by atoms with Gasteiger partial charge in [0.1, 0.15) is 5.60 Å². The molecular formula is C17H23NO6S. The van der Waals surface area contributed by atoms with Crippen molar-refractivity contribution in [3.63, 3.8) is 0 Å². The van der Waals surface area contributed by atoms with Crippen LogP contribution in [0, 0.1) is 0 Å². The van der Waals surface area contributed by atoms with Crippen LogP contribution in [0.4, 0.5) is 4.79 Å². The van der Waals surface area contributed by atoms with Gasteiger partial charge in [-0.3, -0.25) is 4.90 Å².